The summed E-state index contributed by atoms with van der Waals surface area (Å²) in [5.41, 5.74) is 0.454. The first-order valence-corrected chi connectivity index (χ1v) is 6.30. The predicted octanol–water partition coefficient (Wildman–Crippen LogP) is 1.15. The Labute approximate surface area is 110 Å². The second-order valence-electron chi connectivity index (χ2n) is 5.24. The minimum absolute atomic E-state index is 0.228. The van der Waals surface area contributed by atoms with Crippen molar-refractivity contribution >= 4 is 11.8 Å². The topological polar surface area (TPSA) is 64.6 Å². The van der Waals surface area contributed by atoms with Crippen molar-refractivity contribution in [2.24, 2.45) is 0 Å². The molecule has 2 heterocycles. The van der Waals surface area contributed by atoms with E-state index in [-0.39, 0.29) is 11.8 Å². The van der Waals surface area contributed by atoms with Crippen molar-refractivity contribution in [3.63, 3.8) is 0 Å². The molecule has 1 fully saturated rings. The molecule has 2 amide bonds. The second kappa shape index (κ2) is 4.26. The number of amides is 2. The van der Waals surface area contributed by atoms with Crippen LogP contribution in [0.3, 0.4) is 0 Å². The first kappa shape index (κ1) is 12.0. The smallest absolute Gasteiger partial charge is 0.227 e. The van der Waals surface area contributed by atoms with Gasteiger partial charge >= 0.3 is 0 Å². The van der Waals surface area contributed by atoms with Crippen molar-refractivity contribution in [3.8, 4) is 11.5 Å². The van der Waals surface area contributed by atoms with Crippen LogP contribution in [0.25, 0.3) is 0 Å². The SMILES string of the molecule is CC1(c2ccc3c(c2)OCCO3)CC(=O)NC(=O)C1. The molecule has 5 heteroatoms. The van der Waals surface area contributed by atoms with Crippen molar-refractivity contribution in [1.82, 2.24) is 5.32 Å². The summed E-state index contributed by atoms with van der Waals surface area (Å²) in [5, 5.41) is 2.33. The van der Waals surface area contributed by atoms with Gasteiger partial charge in [0.1, 0.15) is 13.2 Å². The zero-order valence-electron chi connectivity index (χ0n) is 10.7. The highest BCUT2D eigenvalue weighted by Gasteiger charge is 2.37. The Hall–Kier alpha value is -2.04. The van der Waals surface area contributed by atoms with Crippen molar-refractivity contribution in [1.29, 1.82) is 0 Å². The van der Waals surface area contributed by atoms with Crippen LogP contribution in [0.5, 0.6) is 11.5 Å². The number of ether oxygens (including phenoxy) is 2. The molecule has 0 radical (unpaired) electrons. The van der Waals surface area contributed by atoms with E-state index in [1.807, 2.05) is 25.1 Å². The third-order valence-electron chi connectivity index (χ3n) is 3.62. The molecule has 0 aliphatic carbocycles. The van der Waals surface area contributed by atoms with Crippen LogP contribution in [0.4, 0.5) is 0 Å². The Balaban J connectivity index is 1.96. The number of carbonyl (C=O) groups excluding carboxylic acids is 2. The summed E-state index contributed by atoms with van der Waals surface area (Å²) in [6.45, 7) is 2.99. The third kappa shape index (κ3) is 2.16. The largest absolute Gasteiger partial charge is 0.486 e. The predicted molar refractivity (Wildman–Crippen MR) is 67.2 cm³/mol. The molecule has 1 aromatic rings. The van der Waals surface area contributed by atoms with Gasteiger partial charge in [-0.05, 0) is 17.7 Å². The lowest BCUT2D eigenvalue weighted by Crippen LogP contribution is -2.45. The zero-order chi connectivity index (χ0) is 13.5. The van der Waals surface area contributed by atoms with E-state index >= 15 is 0 Å². The number of fused-ring (bicyclic) bond motifs is 1. The van der Waals surface area contributed by atoms with Gasteiger partial charge in [0.25, 0.3) is 0 Å². The van der Waals surface area contributed by atoms with Crippen LogP contribution in [0.2, 0.25) is 0 Å². The summed E-state index contributed by atoms with van der Waals surface area (Å²) in [6.07, 6.45) is 0.608. The van der Waals surface area contributed by atoms with Crippen molar-refractivity contribution in [2.45, 2.75) is 25.2 Å². The summed E-state index contributed by atoms with van der Waals surface area (Å²) in [4.78, 5) is 23.1. The Kier molecular flexibility index (Phi) is 2.69. The number of nitrogens with one attached hydrogen (secondary N) is 1. The van der Waals surface area contributed by atoms with Gasteiger partial charge in [-0.1, -0.05) is 13.0 Å². The Morgan fingerprint density at radius 1 is 1.05 bits per heavy atom. The standard InChI is InChI=1S/C14H15NO4/c1-14(7-12(16)15-13(17)8-14)9-2-3-10-11(6-9)19-5-4-18-10/h2-3,6H,4-5,7-8H2,1H3,(H,15,16,17). The molecule has 0 spiro atoms. The van der Waals surface area contributed by atoms with Crippen LogP contribution in [0, 0.1) is 0 Å². The number of rotatable bonds is 1. The second-order valence-corrected chi connectivity index (χ2v) is 5.24. The van der Waals surface area contributed by atoms with E-state index in [2.05, 4.69) is 5.32 Å². The normalized spacial score (nSPS) is 20.9. The van der Waals surface area contributed by atoms with Gasteiger partial charge < -0.3 is 9.47 Å². The first-order chi connectivity index (χ1) is 9.07. The van der Waals surface area contributed by atoms with E-state index in [4.69, 9.17) is 9.47 Å². The first-order valence-electron chi connectivity index (χ1n) is 6.30. The summed E-state index contributed by atoms with van der Waals surface area (Å²) >= 11 is 0. The van der Waals surface area contributed by atoms with Gasteiger partial charge in [-0.25, -0.2) is 0 Å². The van der Waals surface area contributed by atoms with E-state index in [0.717, 1.165) is 5.56 Å². The molecule has 1 N–H and O–H groups in total. The molecule has 100 valence electrons. The number of piperidine rings is 1. The maximum atomic E-state index is 11.6. The highest BCUT2D eigenvalue weighted by Crippen LogP contribution is 2.39. The average molecular weight is 261 g/mol. The molecule has 0 atom stereocenters. The fourth-order valence-corrected chi connectivity index (χ4v) is 2.64. The highest BCUT2D eigenvalue weighted by molar-refractivity contribution is 5.99. The molecular formula is C14H15NO4. The molecule has 3 rings (SSSR count). The molecule has 0 bridgehead atoms. The van der Waals surface area contributed by atoms with Gasteiger partial charge in [-0.15, -0.1) is 0 Å². The van der Waals surface area contributed by atoms with Crippen LogP contribution >= 0.6 is 0 Å². The lowest BCUT2D eigenvalue weighted by molar-refractivity contribution is -0.135. The molecule has 1 saturated heterocycles. The molecule has 0 unspecified atom stereocenters. The summed E-state index contributed by atoms with van der Waals surface area (Å²) in [7, 11) is 0. The van der Waals surface area contributed by atoms with E-state index in [9.17, 15) is 9.59 Å². The number of imide groups is 1. The fraction of sp³-hybridized carbons (Fsp3) is 0.429. The summed E-state index contributed by atoms with van der Waals surface area (Å²) < 4.78 is 11.0. The molecule has 2 aliphatic heterocycles. The van der Waals surface area contributed by atoms with Crippen LogP contribution in [-0.2, 0) is 15.0 Å². The molecule has 1 aromatic carbocycles. The number of carbonyl (C=O) groups is 2. The van der Waals surface area contributed by atoms with Gasteiger partial charge in [0, 0.05) is 18.3 Å². The molecule has 2 aliphatic rings. The third-order valence-corrected chi connectivity index (χ3v) is 3.62. The van der Waals surface area contributed by atoms with E-state index in [1.165, 1.54) is 0 Å². The van der Waals surface area contributed by atoms with E-state index in [1.54, 1.807) is 0 Å². The van der Waals surface area contributed by atoms with Crippen molar-refractivity contribution < 1.29 is 19.1 Å². The molecule has 19 heavy (non-hydrogen) atoms. The maximum absolute atomic E-state index is 11.6. The minimum atomic E-state index is -0.477. The Morgan fingerprint density at radius 3 is 2.37 bits per heavy atom. The van der Waals surface area contributed by atoms with Gasteiger partial charge in [0.15, 0.2) is 11.5 Å². The summed E-state index contributed by atoms with van der Waals surface area (Å²) in [5.74, 6) is 0.941. The lowest BCUT2D eigenvalue weighted by Gasteiger charge is -2.33. The fourth-order valence-electron chi connectivity index (χ4n) is 2.64. The molecular weight excluding hydrogens is 246 g/mol. The van der Waals surface area contributed by atoms with Crippen LogP contribution < -0.4 is 14.8 Å². The number of hydrogen-bond acceptors (Lipinski definition) is 4. The van der Waals surface area contributed by atoms with E-state index in [0.29, 0.717) is 37.6 Å². The minimum Gasteiger partial charge on any atom is -0.486 e. The van der Waals surface area contributed by atoms with Gasteiger partial charge in [0.2, 0.25) is 11.8 Å². The average Bonchev–Trinajstić information content (AvgIpc) is 2.36. The molecule has 0 aromatic heterocycles. The van der Waals surface area contributed by atoms with Gasteiger partial charge in [-0.2, -0.15) is 0 Å². The Bertz CT molecular complexity index is 536. The quantitative estimate of drug-likeness (QED) is 0.770. The monoisotopic (exact) mass is 261 g/mol. The number of hydrogen-bond donors (Lipinski definition) is 1. The lowest BCUT2D eigenvalue weighted by atomic mass is 9.74. The van der Waals surface area contributed by atoms with Crippen LogP contribution in [-0.4, -0.2) is 25.0 Å². The van der Waals surface area contributed by atoms with Crippen molar-refractivity contribution in [2.75, 3.05) is 13.2 Å². The van der Waals surface area contributed by atoms with Crippen molar-refractivity contribution in [3.05, 3.63) is 23.8 Å². The zero-order valence-corrected chi connectivity index (χ0v) is 10.7. The van der Waals surface area contributed by atoms with Gasteiger partial charge in [0.05, 0.1) is 0 Å². The van der Waals surface area contributed by atoms with Gasteiger partial charge in [-0.3, -0.25) is 14.9 Å². The molecule has 5 nitrogen and oxygen atoms in total. The van der Waals surface area contributed by atoms with Crippen LogP contribution in [0.1, 0.15) is 25.3 Å². The summed E-state index contributed by atoms with van der Waals surface area (Å²) in [6, 6.07) is 5.62. The number of benzene rings is 1. The van der Waals surface area contributed by atoms with Crippen LogP contribution in [0.15, 0.2) is 18.2 Å². The molecule has 0 saturated carbocycles. The van der Waals surface area contributed by atoms with E-state index < -0.39 is 5.41 Å². The maximum Gasteiger partial charge on any atom is 0.227 e. The Morgan fingerprint density at radius 2 is 1.68 bits per heavy atom. The highest BCUT2D eigenvalue weighted by atomic mass is 16.6.